The number of nitrogens with zero attached hydrogens (tertiary/aromatic N) is 1. The van der Waals surface area contributed by atoms with E-state index in [0.717, 1.165) is 30.3 Å². The molecule has 144 valence electrons. The van der Waals surface area contributed by atoms with Crippen LogP contribution >= 0.6 is 0 Å². The summed E-state index contributed by atoms with van der Waals surface area (Å²) in [7, 11) is 0. The maximum absolute atomic E-state index is 13.9. The maximum Gasteiger partial charge on any atom is 0.416 e. The van der Waals surface area contributed by atoms with Gasteiger partial charge in [0.15, 0.2) is 5.78 Å². The summed E-state index contributed by atoms with van der Waals surface area (Å²) in [4.78, 5) is 14.4. The van der Waals surface area contributed by atoms with Crippen LogP contribution in [0.1, 0.15) is 34.3 Å². The zero-order chi connectivity index (χ0) is 19.6. The fraction of sp³-hybridized carbons (Fsp3) is 0.350. The van der Waals surface area contributed by atoms with E-state index < -0.39 is 35.1 Å². The van der Waals surface area contributed by atoms with E-state index in [9.17, 15) is 26.7 Å². The molecule has 1 fully saturated rings. The molecule has 27 heavy (non-hydrogen) atoms. The van der Waals surface area contributed by atoms with E-state index in [-0.39, 0.29) is 12.1 Å². The lowest BCUT2D eigenvalue weighted by Crippen LogP contribution is -2.38. The molecule has 0 spiro atoms. The van der Waals surface area contributed by atoms with Crippen molar-refractivity contribution in [2.45, 2.75) is 25.6 Å². The summed E-state index contributed by atoms with van der Waals surface area (Å²) in [5.41, 5.74) is -0.498. The van der Waals surface area contributed by atoms with Gasteiger partial charge in [0.1, 0.15) is 11.6 Å². The number of benzene rings is 2. The zero-order valence-corrected chi connectivity index (χ0v) is 14.4. The lowest BCUT2D eigenvalue weighted by Gasteiger charge is -2.32. The average molecular weight is 383 g/mol. The van der Waals surface area contributed by atoms with Gasteiger partial charge < -0.3 is 0 Å². The SMILES string of the molecule is O=C(c1cc(F)ccc1F)[C@H]1CCCN(Cc2cccc(C(F)(F)F)c2)C1. The first-order chi connectivity index (χ1) is 12.7. The van der Waals surface area contributed by atoms with Gasteiger partial charge in [-0.05, 0) is 49.2 Å². The first-order valence-corrected chi connectivity index (χ1v) is 8.62. The number of hydrogen-bond acceptors (Lipinski definition) is 2. The normalized spacial score (nSPS) is 18.5. The summed E-state index contributed by atoms with van der Waals surface area (Å²) in [6, 6.07) is 7.83. The number of halogens is 5. The van der Waals surface area contributed by atoms with Gasteiger partial charge in [0.05, 0.1) is 11.1 Å². The van der Waals surface area contributed by atoms with Crippen molar-refractivity contribution in [1.29, 1.82) is 0 Å². The van der Waals surface area contributed by atoms with Crippen molar-refractivity contribution in [3.05, 3.63) is 70.8 Å². The van der Waals surface area contributed by atoms with Crippen LogP contribution in [0.25, 0.3) is 0 Å². The van der Waals surface area contributed by atoms with Crippen LogP contribution in [-0.4, -0.2) is 23.8 Å². The Kier molecular flexibility index (Phi) is 5.60. The predicted octanol–water partition coefficient (Wildman–Crippen LogP) is 5.08. The Balaban J connectivity index is 1.71. The molecule has 0 aliphatic carbocycles. The van der Waals surface area contributed by atoms with Crippen LogP contribution in [0.4, 0.5) is 22.0 Å². The molecule has 7 heteroatoms. The van der Waals surface area contributed by atoms with Crippen LogP contribution in [0.2, 0.25) is 0 Å². The van der Waals surface area contributed by atoms with Crippen LogP contribution < -0.4 is 0 Å². The van der Waals surface area contributed by atoms with E-state index in [1.165, 1.54) is 6.07 Å². The van der Waals surface area contributed by atoms with Crippen molar-refractivity contribution in [3.8, 4) is 0 Å². The van der Waals surface area contributed by atoms with Gasteiger partial charge in [-0.2, -0.15) is 13.2 Å². The number of carbonyl (C=O) groups excluding carboxylic acids is 1. The molecule has 3 rings (SSSR count). The third kappa shape index (κ3) is 4.71. The van der Waals surface area contributed by atoms with Gasteiger partial charge in [-0.1, -0.05) is 18.2 Å². The number of likely N-dealkylation sites (tertiary alicyclic amines) is 1. The Labute approximate surface area is 153 Å². The molecule has 1 aliphatic heterocycles. The highest BCUT2D eigenvalue weighted by molar-refractivity contribution is 5.98. The Morgan fingerprint density at radius 3 is 2.63 bits per heavy atom. The van der Waals surface area contributed by atoms with Crippen molar-refractivity contribution in [1.82, 2.24) is 4.90 Å². The van der Waals surface area contributed by atoms with Crippen LogP contribution in [-0.2, 0) is 12.7 Å². The van der Waals surface area contributed by atoms with Crippen LogP contribution in [0.3, 0.4) is 0 Å². The molecule has 1 saturated heterocycles. The molecular weight excluding hydrogens is 365 g/mol. The summed E-state index contributed by atoms with van der Waals surface area (Å²) >= 11 is 0. The summed E-state index contributed by atoms with van der Waals surface area (Å²) in [6.07, 6.45) is -3.22. The molecule has 0 N–H and O–H groups in total. The van der Waals surface area contributed by atoms with Crippen LogP contribution in [0.5, 0.6) is 0 Å². The first kappa shape index (κ1) is 19.5. The molecular formula is C20H18F5NO. The number of piperidine rings is 1. The van der Waals surface area contributed by atoms with Crippen molar-refractivity contribution in [2.24, 2.45) is 5.92 Å². The van der Waals surface area contributed by atoms with Gasteiger partial charge >= 0.3 is 6.18 Å². The van der Waals surface area contributed by atoms with Crippen molar-refractivity contribution in [2.75, 3.05) is 13.1 Å². The smallest absolute Gasteiger partial charge is 0.298 e. The number of alkyl halides is 3. The second-order valence-electron chi connectivity index (χ2n) is 6.76. The minimum Gasteiger partial charge on any atom is -0.298 e. The lowest BCUT2D eigenvalue weighted by molar-refractivity contribution is -0.137. The zero-order valence-electron chi connectivity index (χ0n) is 14.4. The van der Waals surface area contributed by atoms with E-state index in [4.69, 9.17) is 0 Å². The Hall–Kier alpha value is -2.28. The highest BCUT2D eigenvalue weighted by atomic mass is 19.4. The molecule has 1 heterocycles. The number of rotatable bonds is 4. The van der Waals surface area contributed by atoms with Gasteiger partial charge in [0.25, 0.3) is 0 Å². The van der Waals surface area contributed by atoms with Gasteiger partial charge in [0, 0.05) is 19.0 Å². The molecule has 0 saturated carbocycles. The number of carbonyl (C=O) groups is 1. The summed E-state index contributed by atoms with van der Waals surface area (Å²) in [5, 5.41) is 0. The fourth-order valence-corrected chi connectivity index (χ4v) is 3.42. The van der Waals surface area contributed by atoms with E-state index >= 15 is 0 Å². The minimum absolute atomic E-state index is 0.263. The summed E-state index contributed by atoms with van der Waals surface area (Å²) in [5.74, 6) is -2.44. The Morgan fingerprint density at radius 1 is 1.11 bits per heavy atom. The molecule has 0 bridgehead atoms. The van der Waals surface area contributed by atoms with Gasteiger partial charge in [-0.15, -0.1) is 0 Å². The second kappa shape index (κ2) is 7.76. The van der Waals surface area contributed by atoms with Crippen molar-refractivity contribution >= 4 is 5.78 Å². The Bertz CT molecular complexity index is 833. The fourth-order valence-electron chi connectivity index (χ4n) is 3.42. The monoisotopic (exact) mass is 383 g/mol. The number of ketones is 1. The molecule has 0 radical (unpaired) electrons. The highest BCUT2D eigenvalue weighted by Crippen LogP contribution is 2.30. The average Bonchev–Trinajstić information content (AvgIpc) is 2.63. The topological polar surface area (TPSA) is 20.3 Å². The number of hydrogen-bond donors (Lipinski definition) is 0. The quantitative estimate of drug-likeness (QED) is 0.542. The Morgan fingerprint density at radius 2 is 1.89 bits per heavy atom. The molecule has 1 aliphatic rings. The molecule has 0 amide bonds. The largest absolute Gasteiger partial charge is 0.416 e. The van der Waals surface area contributed by atoms with Crippen molar-refractivity contribution in [3.63, 3.8) is 0 Å². The van der Waals surface area contributed by atoms with Crippen molar-refractivity contribution < 1.29 is 26.7 Å². The van der Waals surface area contributed by atoms with Gasteiger partial charge in [0.2, 0.25) is 0 Å². The second-order valence-corrected chi connectivity index (χ2v) is 6.76. The summed E-state index contributed by atoms with van der Waals surface area (Å²) in [6.45, 7) is 1.19. The molecule has 0 aromatic heterocycles. The maximum atomic E-state index is 13.9. The first-order valence-electron chi connectivity index (χ1n) is 8.62. The third-order valence-electron chi connectivity index (χ3n) is 4.73. The van der Waals surface area contributed by atoms with E-state index in [0.29, 0.717) is 31.5 Å². The molecule has 0 unspecified atom stereocenters. The molecule has 1 atom stereocenters. The minimum atomic E-state index is -4.41. The molecule has 2 nitrogen and oxygen atoms in total. The van der Waals surface area contributed by atoms with Gasteiger partial charge in [-0.25, -0.2) is 8.78 Å². The van der Waals surface area contributed by atoms with Gasteiger partial charge in [-0.3, -0.25) is 9.69 Å². The number of Topliss-reactive ketones (excluding diaryl/α,β-unsaturated/α-hetero) is 1. The van der Waals surface area contributed by atoms with E-state index in [1.807, 2.05) is 4.90 Å². The van der Waals surface area contributed by atoms with E-state index in [2.05, 4.69) is 0 Å². The van der Waals surface area contributed by atoms with Crippen LogP contribution in [0, 0.1) is 17.6 Å². The molecule has 2 aromatic rings. The highest BCUT2D eigenvalue weighted by Gasteiger charge is 2.31. The summed E-state index contributed by atoms with van der Waals surface area (Å²) < 4.78 is 65.8. The van der Waals surface area contributed by atoms with E-state index in [1.54, 1.807) is 6.07 Å². The third-order valence-corrected chi connectivity index (χ3v) is 4.73. The van der Waals surface area contributed by atoms with Crippen LogP contribution in [0.15, 0.2) is 42.5 Å². The lowest BCUT2D eigenvalue weighted by atomic mass is 9.89. The predicted molar refractivity (Wildman–Crippen MR) is 90.1 cm³/mol. The standard InChI is InChI=1S/C20H18F5NO/c21-16-6-7-18(22)17(10-16)19(27)14-4-2-8-26(12-14)11-13-3-1-5-15(9-13)20(23,24)25/h1,3,5-7,9-10,14H,2,4,8,11-12H2/t14-/m0/s1. The molecule has 2 aromatic carbocycles.